The first-order chi connectivity index (χ1) is 11.7. The molecule has 0 atom stereocenters. The first-order valence-corrected chi connectivity index (χ1v) is 8.36. The van der Waals surface area contributed by atoms with Crippen molar-refractivity contribution in [1.82, 2.24) is 15.6 Å². The Hall–Kier alpha value is -1.83. The third-order valence-corrected chi connectivity index (χ3v) is 3.44. The maximum Gasteiger partial charge on any atom is 0.213 e. The van der Waals surface area contributed by atoms with Gasteiger partial charge in [0.2, 0.25) is 5.88 Å². The summed E-state index contributed by atoms with van der Waals surface area (Å²) >= 11 is 0. The molecule has 2 aromatic rings. The fourth-order valence-electron chi connectivity index (χ4n) is 2.18. The van der Waals surface area contributed by atoms with Crippen LogP contribution in [0.25, 0.3) is 0 Å². The highest BCUT2D eigenvalue weighted by atomic mass is 127. The molecule has 0 saturated heterocycles. The van der Waals surface area contributed by atoms with Gasteiger partial charge in [-0.2, -0.15) is 0 Å². The average Bonchev–Trinajstić information content (AvgIpc) is 2.59. The number of halogens is 1. The van der Waals surface area contributed by atoms with Crippen molar-refractivity contribution in [2.75, 3.05) is 13.2 Å². The monoisotopic (exact) mass is 454 g/mol. The quantitative estimate of drug-likeness (QED) is 0.381. The third kappa shape index (κ3) is 7.72. The van der Waals surface area contributed by atoms with Crippen LogP contribution in [0.4, 0.5) is 0 Å². The summed E-state index contributed by atoms with van der Waals surface area (Å²) in [5.41, 5.74) is 3.57. The maximum absolute atomic E-state index is 5.42. The second kappa shape index (κ2) is 11.7. The van der Waals surface area contributed by atoms with Crippen LogP contribution in [0.1, 0.15) is 30.5 Å². The van der Waals surface area contributed by atoms with Gasteiger partial charge < -0.3 is 15.4 Å². The van der Waals surface area contributed by atoms with E-state index in [0.29, 0.717) is 19.0 Å². The van der Waals surface area contributed by atoms with Crippen molar-refractivity contribution in [2.45, 2.75) is 33.9 Å². The fourth-order valence-corrected chi connectivity index (χ4v) is 2.18. The largest absolute Gasteiger partial charge is 0.478 e. The summed E-state index contributed by atoms with van der Waals surface area (Å²) in [5.74, 6) is 1.44. The number of rotatable bonds is 7. The van der Waals surface area contributed by atoms with E-state index in [0.717, 1.165) is 24.6 Å². The van der Waals surface area contributed by atoms with E-state index in [9.17, 15) is 0 Å². The fraction of sp³-hybridized carbons (Fsp3) is 0.368. The normalized spacial score (nSPS) is 10.8. The van der Waals surface area contributed by atoms with Gasteiger partial charge in [-0.25, -0.2) is 9.98 Å². The Balaban J connectivity index is 0.00000312. The van der Waals surface area contributed by atoms with Crippen molar-refractivity contribution < 1.29 is 4.74 Å². The molecule has 0 amide bonds. The van der Waals surface area contributed by atoms with Crippen molar-refractivity contribution in [1.29, 1.82) is 0 Å². The first kappa shape index (κ1) is 21.2. The predicted molar refractivity (Wildman–Crippen MR) is 114 cm³/mol. The zero-order valence-electron chi connectivity index (χ0n) is 15.1. The van der Waals surface area contributed by atoms with Gasteiger partial charge in [-0.1, -0.05) is 29.8 Å². The van der Waals surface area contributed by atoms with Crippen molar-refractivity contribution in [3.05, 3.63) is 59.3 Å². The molecule has 0 unspecified atom stereocenters. The summed E-state index contributed by atoms with van der Waals surface area (Å²) in [5, 5.41) is 6.62. The highest BCUT2D eigenvalue weighted by molar-refractivity contribution is 14.0. The smallest absolute Gasteiger partial charge is 0.213 e. The maximum atomic E-state index is 5.42. The Morgan fingerprint density at radius 2 is 1.84 bits per heavy atom. The Bertz CT molecular complexity index is 659. The Morgan fingerprint density at radius 1 is 1.08 bits per heavy atom. The highest BCUT2D eigenvalue weighted by Crippen LogP contribution is 2.10. The van der Waals surface area contributed by atoms with Crippen LogP contribution < -0.4 is 15.4 Å². The summed E-state index contributed by atoms with van der Waals surface area (Å²) < 4.78 is 5.42. The second-order valence-corrected chi connectivity index (χ2v) is 5.47. The minimum atomic E-state index is 0. The van der Waals surface area contributed by atoms with Crippen molar-refractivity contribution >= 4 is 29.9 Å². The van der Waals surface area contributed by atoms with Gasteiger partial charge in [0.05, 0.1) is 13.2 Å². The van der Waals surface area contributed by atoms with Gasteiger partial charge >= 0.3 is 0 Å². The molecule has 2 rings (SSSR count). The van der Waals surface area contributed by atoms with Crippen molar-refractivity contribution in [2.24, 2.45) is 4.99 Å². The zero-order chi connectivity index (χ0) is 17.2. The molecule has 0 saturated carbocycles. The molecule has 6 heteroatoms. The highest BCUT2D eigenvalue weighted by Gasteiger charge is 2.00. The summed E-state index contributed by atoms with van der Waals surface area (Å²) in [6, 6.07) is 12.4. The molecule has 25 heavy (non-hydrogen) atoms. The molecular formula is C19H27IN4O. The van der Waals surface area contributed by atoms with Gasteiger partial charge in [0.15, 0.2) is 5.96 Å². The van der Waals surface area contributed by atoms with Crippen LogP contribution in [0.3, 0.4) is 0 Å². The van der Waals surface area contributed by atoms with Crippen LogP contribution in [0.15, 0.2) is 47.6 Å². The van der Waals surface area contributed by atoms with E-state index in [2.05, 4.69) is 58.7 Å². The number of hydrogen-bond acceptors (Lipinski definition) is 3. The van der Waals surface area contributed by atoms with Gasteiger partial charge in [-0.05, 0) is 38.0 Å². The molecule has 0 bridgehead atoms. The number of nitrogens with zero attached hydrogens (tertiary/aromatic N) is 2. The molecule has 0 radical (unpaired) electrons. The van der Waals surface area contributed by atoms with Crippen LogP contribution >= 0.6 is 24.0 Å². The summed E-state index contributed by atoms with van der Waals surface area (Å²) in [6.07, 6.45) is 1.75. The number of benzene rings is 1. The van der Waals surface area contributed by atoms with E-state index >= 15 is 0 Å². The van der Waals surface area contributed by atoms with Gasteiger partial charge in [0, 0.05) is 25.4 Å². The molecule has 2 N–H and O–H groups in total. The number of pyridine rings is 1. The lowest BCUT2D eigenvalue weighted by atomic mass is 10.1. The van der Waals surface area contributed by atoms with E-state index in [1.807, 2.05) is 19.1 Å². The van der Waals surface area contributed by atoms with Crippen LogP contribution in [0.5, 0.6) is 5.88 Å². The SMILES string of the molecule is CCNC(=NCc1ccnc(OCC)c1)NCc1ccc(C)cc1.I. The lowest BCUT2D eigenvalue weighted by Gasteiger charge is -2.12. The number of aryl methyl sites for hydroxylation is 1. The summed E-state index contributed by atoms with van der Waals surface area (Å²) in [7, 11) is 0. The molecule has 0 fully saturated rings. The molecule has 5 nitrogen and oxygen atoms in total. The Kier molecular flexibility index (Phi) is 9.91. The lowest BCUT2D eigenvalue weighted by molar-refractivity contribution is 0.326. The Labute approximate surface area is 167 Å². The van der Waals surface area contributed by atoms with E-state index < -0.39 is 0 Å². The first-order valence-electron chi connectivity index (χ1n) is 8.36. The lowest BCUT2D eigenvalue weighted by Crippen LogP contribution is -2.36. The van der Waals surface area contributed by atoms with Crippen molar-refractivity contribution in [3.63, 3.8) is 0 Å². The molecule has 0 aliphatic heterocycles. The van der Waals surface area contributed by atoms with E-state index in [4.69, 9.17) is 4.74 Å². The number of guanidine groups is 1. The van der Waals surface area contributed by atoms with Crippen molar-refractivity contribution in [3.8, 4) is 5.88 Å². The van der Waals surface area contributed by atoms with Crippen LogP contribution in [-0.4, -0.2) is 24.1 Å². The predicted octanol–water partition coefficient (Wildman–Crippen LogP) is 3.66. The zero-order valence-corrected chi connectivity index (χ0v) is 17.4. The van der Waals surface area contributed by atoms with Crippen LogP contribution in [-0.2, 0) is 13.1 Å². The molecule has 0 aliphatic carbocycles. The van der Waals surface area contributed by atoms with E-state index in [1.54, 1.807) is 6.20 Å². The number of ether oxygens (including phenoxy) is 1. The molecule has 1 aromatic heterocycles. The van der Waals surface area contributed by atoms with E-state index in [1.165, 1.54) is 11.1 Å². The molecule has 136 valence electrons. The van der Waals surface area contributed by atoms with Gasteiger partial charge in [0.25, 0.3) is 0 Å². The Morgan fingerprint density at radius 3 is 2.52 bits per heavy atom. The number of nitrogens with one attached hydrogen (secondary N) is 2. The molecule has 0 aliphatic rings. The molecule has 1 aromatic carbocycles. The minimum absolute atomic E-state index is 0. The van der Waals surface area contributed by atoms with Gasteiger partial charge in [-0.3, -0.25) is 0 Å². The summed E-state index contributed by atoms with van der Waals surface area (Å²) in [4.78, 5) is 8.80. The summed E-state index contributed by atoms with van der Waals surface area (Å²) in [6.45, 7) is 8.85. The topological polar surface area (TPSA) is 58.5 Å². The number of aliphatic imine (C=N–C) groups is 1. The number of hydrogen-bond donors (Lipinski definition) is 2. The molecule has 1 heterocycles. The second-order valence-electron chi connectivity index (χ2n) is 5.47. The third-order valence-electron chi connectivity index (χ3n) is 3.44. The van der Waals surface area contributed by atoms with Gasteiger partial charge in [-0.15, -0.1) is 24.0 Å². The molecule has 0 spiro atoms. The van der Waals surface area contributed by atoms with Gasteiger partial charge in [0.1, 0.15) is 0 Å². The average molecular weight is 454 g/mol. The standard InChI is InChI=1S/C19H26N4O.HI/c1-4-20-19(22-13-16-8-6-15(3)7-9-16)23-14-17-10-11-21-18(12-17)24-5-2;/h6-12H,4-5,13-14H2,1-3H3,(H2,20,22,23);1H. The number of aromatic nitrogens is 1. The van der Waals surface area contributed by atoms with Crippen LogP contribution in [0, 0.1) is 6.92 Å². The minimum Gasteiger partial charge on any atom is -0.478 e. The van der Waals surface area contributed by atoms with E-state index in [-0.39, 0.29) is 24.0 Å². The van der Waals surface area contributed by atoms with Crippen LogP contribution in [0.2, 0.25) is 0 Å². The molecular weight excluding hydrogens is 427 g/mol.